The van der Waals surface area contributed by atoms with Crippen LogP contribution in [0.25, 0.3) is 0 Å². The van der Waals surface area contributed by atoms with E-state index in [4.69, 9.17) is 21.0 Å². The number of sulfone groups is 1. The maximum atomic E-state index is 12.8. The van der Waals surface area contributed by atoms with E-state index in [0.717, 1.165) is 5.56 Å². The molecule has 0 bridgehead atoms. The van der Waals surface area contributed by atoms with Crippen LogP contribution in [0.2, 0.25) is 0 Å². The van der Waals surface area contributed by atoms with E-state index in [0.29, 0.717) is 12.2 Å². The molecule has 25 heavy (non-hydrogen) atoms. The number of nitrogens with two attached hydrogens (primary N) is 2. The molecule has 0 saturated heterocycles. The van der Waals surface area contributed by atoms with Crippen LogP contribution < -0.4 is 16.2 Å². The zero-order chi connectivity index (χ0) is 18.3. The fraction of sp³-hybridized carbons (Fsp3) is 0.235. The first-order valence-electron chi connectivity index (χ1n) is 7.66. The van der Waals surface area contributed by atoms with E-state index in [9.17, 15) is 8.42 Å². The molecule has 0 aliphatic heterocycles. The van der Waals surface area contributed by atoms with Crippen molar-refractivity contribution >= 4 is 15.8 Å². The van der Waals surface area contributed by atoms with Gasteiger partial charge in [-0.15, -0.1) is 0 Å². The van der Waals surface area contributed by atoms with Gasteiger partial charge in [0.15, 0.2) is 0 Å². The molecular formula is C17H21N3O4S. The Bertz CT molecular complexity index is 832. The fourth-order valence-electron chi connectivity index (χ4n) is 2.10. The average molecular weight is 363 g/mol. The third-order valence-electron chi connectivity index (χ3n) is 3.25. The van der Waals surface area contributed by atoms with Crippen LogP contribution in [0.4, 0.5) is 0 Å². The summed E-state index contributed by atoms with van der Waals surface area (Å²) in [6.07, 6.45) is 0.496. The second-order valence-corrected chi connectivity index (χ2v) is 7.24. The van der Waals surface area contributed by atoms with E-state index >= 15 is 0 Å². The van der Waals surface area contributed by atoms with Crippen LogP contribution in [-0.2, 0) is 14.7 Å². The van der Waals surface area contributed by atoms with Crippen LogP contribution in [0.5, 0.6) is 5.75 Å². The summed E-state index contributed by atoms with van der Waals surface area (Å²) in [6.45, 7) is 2.39. The van der Waals surface area contributed by atoms with Gasteiger partial charge in [-0.25, -0.2) is 8.42 Å². The predicted octanol–water partition coefficient (Wildman–Crippen LogP) is 1.80. The zero-order valence-corrected chi connectivity index (χ0v) is 14.7. The van der Waals surface area contributed by atoms with Crippen molar-refractivity contribution in [1.82, 2.24) is 0 Å². The van der Waals surface area contributed by atoms with Crippen molar-refractivity contribution in [2.75, 3.05) is 13.2 Å². The number of rotatable bonds is 8. The molecule has 0 spiro atoms. The van der Waals surface area contributed by atoms with Gasteiger partial charge in [-0.3, -0.25) is 0 Å². The van der Waals surface area contributed by atoms with Crippen molar-refractivity contribution < 1.29 is 18.0 Å². The number of guanidine groups is 1. The highest BCUT2D eigenvalue weighted by Crippen LogP contribution is 2.30. The molecule has 2 aromatic carbocycles. The highest BCUT2D eigenvalue weighted by atomic mass is 32.2. The van der Waals surface area contributed by atoms with Gasteiger partial charge in [0.1, 0.15) is 17.3 Å². The molecule has 0 fully saturated rings. The van der Waals surface area contributed by atoms with Crippen molar-refractivity contribution in [3.63, 3.8) is 0 Å². The number of hydrogen-bond acceptors (Lipinski definition) is 5. The lowest BCUT2D eigenvalue weighted by molar-refractivity contribution is 0.126. The highest BCUT2D eigenvalue weighted by molar-refractivity contribution is 7.91. The third kappa shape index (κ3) is 5.12. The van der Waals surface area contributed by atoms with Gasteiger partial charge in [0.05, 0.1) is 11.5 Å². The first kappa shape index (κ1) is 18.6. The Morgan fingerprint density at radius 2 is 1.80 bits per heavy atom. The molecule has 0 aliphatic carbocycles. The normalized spacial score (nSPS) is 10.9. The Labute approximate surface area is 147 Å². The van der Waals surface area contributed by atoms with Crippen LogP contribution in [0, 0.1) is 6.92 Å². The molecule has 2 rings (SSSR count). The molecule has 0 saturated carbocycles. The SMILES string of the molecule is Cc1ccc(S(=O)(=O)c2ccccc2)c(OCCCON=C(N)N)c1. The quantitative estimate of drug-likeness (QED) is 0.320. The van der Waals surface area contributed by atoms with E-state index in [1.807, 2.05) is 6.92 Å². The molecule has 0 radical (unpaired) electrons. The number of oxime groups is 1. The molecule has 0 aromatic heterocycles. The minimum absolute atomic E-state index is 0.134. The number of nitrogens with zero attached hydrogens (tertiary/aromatic N) is 1. The lowest BCUT2D eigenvalue weighted by atomic mass is 10.2. The van der Waals surface area contributed by atoms with Crippen LogP contribution in [0.3, 0.4) is 0 Å². The summed E-state index contributed by atoms with van der Waals surface area (Å²) in [6, 6.07) is 13.2. The molecule has 0 amide bonds. The van der Waals surface area contributed by atoms with Gasteiger partial charge in [-0.2, -0.15) is 0 Å². The van der Waals surface area contributed by atoms with Crippen LogP contribution in [0.15, 0.2) is 63.5 Å². The van der Waals surface area contributed by atoms with Gasteiger partial charge in [-0.1, -0.05) is 24.3 Å². The van der Waals surface area contributed by atoms with Crippen molar-refractivity contribution in [2.45, 2.75) is 23.1 Å². The summed E-state index contributed by atoms with van der Waals surface area (Å²) >= 11 is 0. The first-order chi connectivity index (χ1) is 11.9. The number of aryl methyl sites for hydroxylation is 1. The van der Waals surface area contributed by atoms with Gasteiger partial charge >= 0.3 is 0 Å². The lowest BCUT2D eigenvalue weighted by Gasteiger charge is -2.13. The average Bonchev–Trinajstić information content (AvgIpc) is 2.58. The molecule has 0 heterocycles. The lowest BCUT2D eigenvalue weighted by Crippen LogP contribution is -2.23. The van der Waals surface area contributed by atoms with E-state index in [-0.39, 0.29) is 29.0 Å². The van der Waals surface area contributed by atoms with E-state index < -0.39 is 9.84 Å². The predicted molar refractivity (Wildman–Crippen MR) is 94.9 cm³/mol. The Hall–Kier alpha value is -2.74. The number of hydrogen-bond donors (Lipinski definition) is 2. The van der Waals surface area contributed by atoms with Crippen LogP contribution in [-0.4, -0.2) is 27.6 Å². The summed E-state index contributed by atoms with van der Waals surface area (Å²) in [4.78, 5) is 5.22. The van der Waals surface area contributed by atoms with Crippen molar-refractivity contribution in [3.05, 3.63) is 54.1 Å². The number of benzene rings is 2. The highest BCUT2D eigenvalue weighted by Gasteiger charge is 2.22. The standard InChI is InChI=1S/C17H21N3O4S/c1-13-8-9-16(25(21,22)14-6-3-2-4-7-14)15(12-13)23-10-5-11-24-20-17(18)19/h2-4,6-9,12H,5,10-11H2,1H3,(H4,18,19,20). The minimum atomic E-state index is -3.66. The summed E-state index contributed by atoms with van der Waals surface area (Å²) in [5.74, 6) is 0.154. The second kappa shape index (κ2) is 8.39. The summed E-state index contributed by atoms with van der Waals surface area (Å²) in [5.41, 5.74) is 11.2. The van der Waals surface area contributed by atoms with Gasteiger partial charge in [0, 0.05) is 6.42 Å². The fourth-order valence-corrected chi connectivity index (χ4v) is 3.50. The topological polar surface area (TPSA) is 117 Å². The van der Waals surface area contributed by atoms with Crippen molar-refractivity contribution in [3.8, 4) is 5.75 Å². The summed E-state index contributed by atoms with van der Waals surface area (Å²) in [5, 5.41) is 3.40. The largest absolute Gasteiger partial charge is 0.492 e. The molecule has 0 aliphatic rings. The Kier molecular flexibility index (Phi) is 6.24. The first-order valence-corrected chi connectivity index (χ1v) is 9.14. The van der Waals surface area contributed by atoms with Gasteiger partial charge in [0.2, 0.25) is 15.8 Å². The van der Waals surface area contributed by atoms with Gasteiger partial charge in [-0.05, 0) is 41.9 Å². The minimum Gasteiger partial charge on any atom is -0.492 e. The molecule has 8 heteroatoms. The smallest absolute Gasteiger partial charge is 0.228 e. The van der Waals surface area contributed by atoms with E-state index in [1.165, 1.54) is 0 Å². The monoisotopic (exact) mass is 363 g/mol. The van der Waals surface area contributed by atoms with E-state index in [2.05, 4.69) is 5.16 Å². The van der Waals surface area contributed by atoms with Gasteiger partial charge in [0.25, 0.3) is 0 Å². The van der Waals surface area contributed by atoms with Crippen LogP contribution >= 0.6 is 0 Å². The Balaban J connectivity index is 2.14. The van der Waals surface area contributed by atoms with Crippen molar-refractivity contribution in [2.24, 2.45) is 16.6 Å². The van der Waals surface area contributed by atoms with Gasteiger partial charge < -0.3 is 21.0 Å². The maximum absolute atomic E-state index is 12.8. The zero-order valence-electron chi connectivity index (χ0n) is 13.9. The van der Waals surface area contributed by atoms with Crippen LogP contribution in [0.1, 0.15) is 12.0 Å². The second-order valence-electron chi connectivity index (χ2n) is 5.32. The maximum Gasteiger partial charge on any atom is 0.228 e. The van der Waals surface area contributed by atoms with Crippen molar-refractivity contribution in [1.29, 1.82) is 0 Å². The molecule has 2 aromatic rings. The molecule has 134 valence electrons. The molecular weight excluding hydrogens is 342 g/mol. The Morgan fingerprint density at radius 3 is 2.48 bits per heavy atom. The summed E-state index contributed by atoms with van der Waals surface area (Å²) in [7, 11) is -3.66. The van der Waals surface area contributed by atoms with E-state index in [1.54, 1.807) is 48.5 Å². The summed E-state index contributed by atoms with van der Waals surface area (Å²) < 4.78 is 31.3. The number of ether oxygens (including phenoxy) is 1. The third-order valence-corrected chi connectivity index (χ3v) is 5.06. The molecule has 0 atom stereocenters. The Morgan fingerprint density at radius 1 is 1.08 bits per heavy atom. The molecule has 0 unspecified atom stereocenters. The molecule has 7 nitrogen and oxygen atoms in total. The molecule has 4 N–H and O–H groups in total.